The van der Waals surface area contributed by atoms with Gasteiger partial charge in [0.2, 0.25) is 5.91 Å². The van der Waals surface area contributed by atoms with Gasteiger partial charge in [-0.15, -0.1) is 0 Å². The van der Waals surface area contributed by atoms with E-state index in [2.05, 4.69) is 10.6 Å². The summed E-state index contributed by atoms with van der Waals surface area (Å²) in [5.41, 5.74) is 2.04. The number of carbonyl (C=O) groups is 2. The highest BCUT2D eigenvalue weighted by Gasteiger charge is 2.10. The molecule has 0 bridgehead atoms. The van der Waals surface area contributed by atoms with Crippen LogP contribution in [0, 0.1) is 5.92 Å². The van der Waals surface area contributed by atoms with Crippen LogP contribution in [0.5, 0.6) is 0 Å². The molecule has 0 aliphatic carbocycles. The summed E-state index contributed by atoms with van der Waals surface area (Å²) in [5.74, 6) is 0.153. The molecule has 0 heterocycles. The SMILES string of the molecule is CC(C)CC(=O)Nc1ccc(NC(=O)c2cccc3ccccc23)cc1. The van der Waals surface area contributed by atoms with Gasteiger partial charge in [-0.2, -0.15) is 0 Å². The van der Waals surface area contributed by atoms with Crippen molar-refractivity contribution in [3.05, 3.63) is 72.3 Å². The van der Waals surface area contributed by atoms with E-state index in [1.54, 1.807) is 24.3 Å². The van der Waals surface area contributed by atoms with Crippen molar-refractivity contribution in [3.63, 3.8) is 0 Å². The Morgan fingerprint density at radius 2 is 1.42 bits per heavy atom. The lowest BCUT2D eigenvalue weighted by Gasteiger charge is -2.10. The molecule has 3 aromatic rings. The third-order valence-electron chi connectivity index (χ3n) is 4.05. The molecule has 0 spiro atoms. The van der Waals surface area contributed by atoms with Gasteiger partial charge in [0.1, 0.15) is 0 Å². The van der Waals surface area contributed by atoms with Gasteiger partial charge in [-0.1, -0.05) is 50.2 Å². The Morgan fingerprint density at radius 3 is 2.12 bits per heavy atom. The van der Waals surface area contributed by atoms with Gasteiger partial charge in [0, 0.05) is 23.4 Å². The zero-order valence-electron chi connectivity index (χ0n) is 15.0. The minimum absolute atomic E-state index is 0.00691. The Labute approximate surface area is 153 Å². The van der Waals surface area contributed by atoms with Crippen LogP contribution < -0.4 is 10.6 Å². The van der Waals surface area contributed by atoms with Crippen molar-refractivity contribution in [2.24, 2.45) is 5.92 Å². The van der Waals surface area contributed by atoms with Crippen LogP contribution in [0.25, 0.3) is 10.8 Å². The minimum Gasteiger partial charge on any atom is -0.326 e. The minimum atomic E-state index is -0.154. The van der Waals surface area contributed by atoms with Crippen LogP contribution in [-0.2, 0) is 4.79 Å². The first-order chi connectivity index (χ1) is 12.5. The van der Waals surface area contributed by atoms with E-state index in [-0.39, 0.29) is 11.8 Å². The van der Waals surface area contributed by atoms with E-state index in [0.717, 1.165) is 16.5 Å². The highest BCUT2D eigenvalue weighted by atomic mass is 16.2. The topological polar surface area (TPSA) is 58.2 Å². The second-order valence-electron chi connectivity index (χ2n) is 6.70. The number of benzene rings is 3. The van der Waals surface area contributed by atoms with Crippen LogP contribution in [0.4, 0.5) is 11.4 Å². The highest BCUT2D eigenvalue weighted by Crippen LogP contribution is 2.21. The average Bonchev–Trinajstić information content (AvgIpc) is 2.62. The van der Waals surface area contributed by atoms with E-state index in [1.807, 2.05) is 56.3 Å². The lowest BCUT2D eigenvalue weighted by atomic mass is 10.0. The molecule has 132 valence electrons. The molecule has 4 nitrogen and oxygen atoms in total. The number of carbonyl (C=O) groups excluding carboxylic acids is 2. The van der Waals surface area contributed by atoms with Crippen molar-refractivity contribution in [1.82, 2.24) is 0 Å². The third-order valence-corrected chi connectivity index (χ3v) is 4.05. The first kappa shape index (κ1) is 17.7. The Hall–Kier alpha value is -3.14. The summed E-state index contributed by atoms with van der Waals surface area (Å²) in [4.78, 5) is 24.4. The molecular weight excluding hydrogens is 324 g/mol. The molecule has 0 saturated heterocycles. The summed E-state index contributed by atoms with van der Waals surface area (Å²) in [6.45, 7) is 4.01. The standard InChI is InChI=1S/C22H22N2O2/c1-15(2)14-21(25)23-17-10-12-18(13-11-17)24-22(26)20-9-5-7-16-6-3-4-8-19(16)20/h3-13,15H,14H2,1-2H3,(H,23,25)(H,24,26). The molecule has 0 fully saturated rings. The summed E-state index contributed by atoms with van der Waals surface area (Å²) >= 11 is 0. The van der Waals surface area contributed by atoms with Crippen LogP contribution in [0.3, 0.4) is 0 Å². The van der Waals surface area contributed by atoms with Gasteiger partial charge in [-0.05, 0) is 47.0 Å². The van der Waals surface area contributed by atoms with E-state index in [1.165, 1.54) is 0 Å². The van der Waals surface area contributed by atoms with Crippen LogP contribution in [0.15, 0.2) is 66.7 Å². The smallest absolute Gasteiger partial charge is 0.256 e. The Kier molecular flexibility index (Phi) is 5.32. The molecular formula is C22H22N2O2. The van der Waals surface area contributed by atoms with Crippen molar-refractivity contribution in [3.8, 4) is 0 Å². The maximum atomic E-state index is 12.6. The summed E-state index contributed by atoms with van der Waals surface area (Å²) in [5, 5.41) is 7.72. The van der Waals surface area contributed by atoms with Gasteiger partial charge in [0.05, 0.1) is 0 Å². The zero-order chi connectivity index (χ0) is 18.5. The van der Waals surface area contributed by atoms with E-state index >= 15 is 0 Å². The molecule has 3 aromatic carbocycles. The normalized spacial score (nSPS) is 10.7. The molecule has 0 saturated carbocycles. The second-order valence-corrected chi connectivity index (χ2v) is 6.70. The average molecular weight is 346 g/mol. The molecule has 0 unspecified atom stereocenters. The molecule has 0 aromatic heterocycles. The molecule has 3 rings (SSSR count). The Balaban J connectivity index is 1.70. The molecule has 2 amide bonds. The molecule has 0 aliphatic rings. The van der Waals surface area contributed by atoms with E-state index in [9.17, 15) is 9.59 Å². The van der Waals surface area contributed by atoms with E-state index < -0.39 is 0 Å². The van der Waals surface area contributed by atoms with E-state index in [0.29, 0.717) is 23.6 Å². The van der Waals surface area contributed by atoms with Gasteiger partial charge in [0.25, 0.3) is 5.91 Å². The quantitative estimate of drug-likeness (QED) is 0.677. The summed E-state index contributed by atoms with van der Waals surface area (Å²) in [6.07, 6.45) is 0.486. The van der Waals surface area contributed by atoms with Crippen LogP contribution in [0.2, 0.25) is 0 Å². The van der Waals surface area contributed by atoms with Gasteiger partial charge in [-0.3, -0.25) is 9.59 Å². The first-order valence-electron chi connectivity index (χ1n) is 8.72. The summed E-state index contributed by atoms with van der Waals surface area (Å²) in [6, 6.07) is 20.6. The van der Waals surface area contributed by atoms with Gasteiger partial charge < -0.3 is 10.6 Å². The fourth-order valence-electron chi connectivity index (χ4n) is 2.84. The van der Waals surface area contributed by atoms with E-state index in [4.69, 9.17) is 0 Å². The van der Waals surface area contributed by atoms with Crippen molar-refractivity contribution in [2.45, 2.75) is 20.3 Å². The number of nitrogens with one attached hydrogen (secondary N) is 2. The molecule has 0 radical (unpaired) electrons. The highest BCUT2D eigenvalue weighted by molar-refractivity contribution is 6.13. The lowest BCUT2D eigenvalue weighted by molar-refractivity contribution is -0.116. The van der Waals surface area contributed by atoms with Gasteiger partial charge >= 0.3 is 0 Å². The fraction of sp³-hybridized carbons (Fsp3) is 0.182. The fourth-order valence-corrected chi connectivity index (χ4v) is 2.84. The predicted molar refractivity (Wildman–Crippen MR) is 106 cm³/mol. The van der Waals surface area contributed by atoms with Crippen molar-refractivity contribution in [1.29, 1.82) is 0 Å². The number of amides is 2. The van der Waals surface area contributed by atoms with Gasteiger partial charge in [0.15, 0.2) is 0 Å². The Bertz CT molecular complexity index is 925. The third kappa shape index (κ3) is 4.28. The lowest BCUT2D eigenvalue weighted by Crippen LogP contribution is -2.14. The molecule has 0 aliphatic heterocycles. The zero-order valence-corrected chi connectivity index (χ0v) is 15.0. The van der Waals surface area contributed by atoms with Crippen LogP contribution in [0.1, 0.15) is 30.6 Å². The first-order valence-corrected chi connectivity index (χ1v) is 8.72. The number of fused-ring (bicyclic) bond motifs is 1. The predicted octanol–water partition coefficient (Wildman–Crippen LogP) is 5.08. The van der Waals surface area contributed by atoms with Crippen molar-refractivity contribution < 1.29 is 9.59 Å². The monoisotopic (exact) mass is 346 g/mol. The summed E-state index contributed by atoms with van der Waals surface area (Å²) < 4.78 is 0. The maximum Gasteiger partial charge on any atom is 0.256 e. The van der Waals surface area contributed by atoms with Crippen LogP contribution in [-0.4, -0.2) is 11.8 Å². The number of hydrogen-bond acceptors (Lipinski definition) is 2. The molecule has 0 atom stereocenters. The van der Waals surface area contributed by atoms with Gasteiger partial charge in [-0.25, -0.2) is 0 Å². The number of hydrogen-bond donors (Lipinski definition) is 2. The van der Waals surface area contributed by atoms with Crippen molar-refractivity contribution >= 4 is 34.0 Å². The molecule has 26 heavy (non-hydrogen) atoms. The molecule has 2 N–H and O–H groups in total. The largest absolute Gasteiger partial charge is 0.326 e. The summed E-state index contributed by atoms with van der Waals surface area (Å²) in [7, 11) is 0. The Morgan fingerprint density at radius 1 is 0.808 bits per heavy atom. The van der Waals surface area contributed by atoms with Crippen LogP contribution >= 0.6 is 0 Å². The molecule has 4 heteroatoms. The van der Waals surface area contributed by atoms with Crippen molar-refractivity contribution in [2.75, 3.05) is 10.6 Å². The number of anilines is 2. The number of rotatable bonds is 5. The maximum absolute atomic E-state index is 12.6. The second kappa shape index (κ2) is 7.83.